The Labute approximate surface area is 87.8 Å². The molecule has 1 saturated carbocycles. The van der Waals surface area contributed by atoms with Crippen LogP contribution in [0.1, 0.15) is 40.0 Å². The van der Waals surface area contributed by atoms with E-state index in [1.807, 2.05) is 0 Å². The molecule has 0 amide bonds. The highest BCUT2D eigenvalue weighted by Gasteiger charge is 2.45. The van der Waals surface area contributed by atoms with E-state index in [1.165, 1.54) is 25.8 Å². The van der Waals surface area contributed by atoms with Gasteiger partial charge in [-0.15, -0.1) is 0 Å². The lowest BCUT2D eigenvalue weighted by Crippen LogP contribution is -2.53. The third kappa shape index (κ3) is 1.59. The van der Waals surface area contributed by atoms with Crippen LogP contribution in [0.4, 0.5) is 0 Å². The molecule has 0 radical (unpaired) electrons. The molecular formula is C12H24N2. The van der Waals surface area contributed by atoms with Crippen LogP contribution in [0, 0.1) is 11.3 Å². The van der Waals surface area contributed by atoms with E-state index in [2.05, 4.69) is 25.7 Å². The third-order valence-corrected chi connectivity index (χ3v) is 4.41. The van der Waals surface area contributed by atoms with Crippen LogP contribution in [-0.4, -0.2) is 30.1 Å². The van der Waals surface area contributed by atoms with Crippen molar-refractivity contribution in [1.82, 2.24) is 4.90 Å². The van der Waals surface area contributed by atoms with Crippen molar-refractivity contribution in [2.75, 3.05) is 13.1 Å². The summed E-state index contributed by atoms with van der Waals surface area (Å²) in [4.78, 5) is 2.71. The van der Waals surface area contributed by atoms with Crippen molar-refractivity contribution in [3.05, 3.63) is 0 Å². The van der Waals surface area contributed by atoms with Gasteiger partial charge < -0.3 is 5.73 Å². The minimum atomic E-state index is 0.553. The second kappa shape index (κ2) is 3.49. The van der Waals surface area contributed by atoms with E-state index in [1.54, 1.807) is 0 Å². The SMILES string of the molecule is CC1CC(CN)CN1C1CCC1(C)C. The quantitative estimate of drug-likeness (QED) is 0.730. The van der Waals surface area contributed by atoms with Crippen LogP contribution < -0.4 is 5.73 Å². The molecule has 2 aliphatic rings. The zero-order valence-corrected chi connectivity index (χ0v) is 9.79. The molecule has 0 aromatic carbocycles. The molecule has 2 nitrogen and oxygen atoms in total. The summed E-state index contributed by atoms with van der Waals surface area (Å²) in [6, 6.07) is 1.59. The zero-order chi connectivity index (χ0) is 10.3. The van der Waals surface area contributed by atoms with Gasteiger partial charge in [-0.05, 0) is 44.1 Å². The highest BCUT2D eigenvalue weighted by Crippen LogP contribution is 2.46. The molecule has 0 aromatic heterocycles. The van der Waals surface area contributed by atoms with E-state index < -0.39 is 0 Å². The summed E-state index contributed by atoms with van der Waals surface area (Å²) in [6.45, 7) is 9.29. The van der Waals surface area contributed by atoms with E-state index in [0.29, 0.717) is 5.41 Å². The lowest BCUT2D eigenvalue weighted by Gasteiger charge is -2.51. The van der Waals surface area contributed by atoms with Crippen LogP contribution in [-0.2, 0) is 0 Å². The topological polar surface area (TPSA) is 29.3 Å². The summed E-state index contributed by atoms with van der Waals surface area (Å²) in [5.41, 5.74) is 6.31. The largest absolute Gasteiger partial charge is 0.330 e. The van der Waals surface area contributed by atoms with E-state index in [4.69, 9.17) is 5.73 Å². The maximum Gasteiger partial charge on any atom is 0.0150 e. The summed E-state index contributed by atoms with van der Waals surface area (Å²) in [7, 11) is 0. The number of rotatable bonds is 2. The Hall–Kier alpha value is -0.0800. The highest BCUT2D eigenvalue weighted by atomic mass is 15.2. The summed E-state index contributed by atoms with van der Waals surface area (Å²) < 4.78 is 0. The number of hydrogen-bond donors (Lipinski definition) is 1. The fourth-order valence-corrected chi connectivity index (χ4v) is 3.24. The van der Waals surface area contributed by atoms with Crippen molar-refractivity contribution in [3.8, 4) is 0 Å². The monoisotopic (exact) mass is 196 g/mol. The van der Waals surface area contributed by atoms with Crippen LogP contribution in [0.15, 0.2) is 0 Å². The van der Waals surface area contributed by atoms with Gasteiger partial charge in [0.05, 0.1) is 0 Å². The van der Waals surface area contributed by atoms with Gasteiger partial charge in [0.1, 0.15) is 0 Å². The number of nitrogens with two attached hydrogens (primary N) is 1. The lowest BCUT2D eigenvalue weighted by atomic mass is 9.66. The van der Waals surface area contributed by atoms with Gasteiger partial charge in [0.2, 0.25) is 0 Å². The molecule has 2 N–H and O–H groups in total. The Kier molecular flexibility index (Phi) is 2.61. The fourth-order valence-electron chi connectivity index (χ4n) is 3.24. The van der Waals surface area contributed by atoms with E-state index >= 15 is 0 Å². The van der Waals surface area contributed by atoms with E-state index in [0.717, 1.165) is 24.5 Å². The maximum atomic E-state index is 5.76. The third-order valence-electron chi connectivity index (χ3n) is 4.41. The predicted octanol–water partition coefficient (Wildman–Crippen LogP) is 1.84. The highest BCUT2D eigenvalue weighted by molar-refractivity contribution is 5.00. The number of nitrogens with zero attached hydrogens (tertiary/aromatic N) is 1. The second-order valence-electron chi connectivity index (χ2n) is 5.93. The molecule has 14 heavy (non-hydrogen) atoms. The van der Waals surface area contributed by atoms with Crippen molar-refractivity contribution >= 4 is 0 Å². The van der Waals surface area contributed by atoms with Gasteiger partial charge in [-0.3, -0.25) is 4.90 Å². The molecule has 1 saturated heterocycles. The molecule has 0 aromatic rings. The summed E-state index contributed by atoms with van der Waals surface area (Å²) in [5.74, 6) is 0.751. The number of likely N-dealkylation sites (tertiary alicyclic amines) is 1. The number of hydrogen-bond acceptors (Lipinski definition) is 2. The zero-order valence-electron chi connectivity index (χ0n) is 9.79. The second-order valence-corrected chi connectivity index (χ2v) is 5.93. The first-order valence-corrected chi connectivity index (χ1v) is 6.00. The Morgan fingerprint density at radius 1 is 1.43 bits per heavy atom. The average molecular weight is 196 g/mol. The lowest BCUT2D eigenvalue weighted by molar-refractivity contribution is -0.00541. The molecule has 1 aliphatic carbocycles. The molecule has 0 spiro atoms. The molecular weight excluding hydrogens is 172 g/mol. The van der Waals surface area contributed by atoms with Crippen LogP contribution in [0.5, 0.6) is 0 Å². The van der Waals surface area contributed by atoms with Crippen molar-refractivity contribution < 1.29 is 0 Å². The first-order valence-electron chi connectivity index (χ1n) is 6.00. The van der Waals surface area contributed by atoms with Crippen molar-refractivity contribution in [2.45, 2.75) is 52.1 Å². The molecule has 2 rings (SSSR count). The standard InChI is InChI=1S/C12H24N2/c1-9-6-10(7-13)8-14(9)11-4-5-12(11,2)3/h9-11H,4-8,13H2,1-3H3. The van der Waals surface area contributed by atoms with Crippen molar-refractivity contribution in [2.24, 2.45) is 17.1 Å². The summed E-state index contributed by atoms with van der Waals surface area (Å²) >= 11 is 0. The van der Waals surface area contributed by atoms with E-state index in [-0.39, 0.29) is 0 Å². The Morgan fingerprint density at radius 2 is 2.14 bits per heavy atom. The molecule has 3 atom stereocenters. The van der Waals surface area contributed by atoms with Gasteiger partial charge >= 0.3 is 0 Å². The van der Waals surface area contributed by atoms with Crippen molar-refractivity contribution in [1.29, 1.82) is 0 Å². The predicted molar refractivity (Wildman–Crippen MR) is 60.1 cm³/mol. The van der Waals surface area contributed by atoms with Gasteiger partial charge in [-0.25, -0.2) is 0 Å². The molecule has 1 heterocycles. The van der Waals surface area contributed by atoms with Gasteiger partial charge in [-0.1, -0.05) is 13.8 Å². The van der Waals surface area contributed by atoms with Gasteiger partial charge in [0, 0.05) is 18.6 Å². The molecule has 3 unspecified atom stereocenters. The minimum Gasteiger partial charge on any atom is -0.330 e. The Bertz CT molecular complexity index is 212. The first-order chi connectivity index (χ1) is 6.54. The Balaban J connectivity index is 1.98. The summed E-state index contributed by atoms with van der Waals surface area (Å²) in [6.07, 6.45) is 4.10. The molecule has 2 heteroatoms. The van der Waals surface area contributed by atoms with E-state index in [9.17, 15) is 0 Å². The van der Waals surface area contributed by atoms with Crippen molar-refractivity contribution in [3.63, 3.8) is 0 Å². The first kappa shape index (κ1) is 10.4. The molecule has 0 bridgehead atoms. The molecule has 82 valence electrons. The molecule has 2 fully saturated rings. The average Bonchev–Trinajstić information content (AvgIpc) is 2.46. The van der Waals surface area contributed by atoms with Crippen LogP contribution in [0.3, 0.4) is 0 Å². The van der Waals surface area contributed by atoms with Gasteiger partial charge in [0.25, 0.3) is 0 Å². The van der Waals surface area contributed by atoms with Crippen LogP contribution in [0.25, 0.3) is 0 Å². The molecule has 1 aliphatic heterocycles. The smallest absolute Gasteiger partial charge is 0.0150 e. The Morgan fingerprint density at radius 3 is 2.50 bits per heavy atom. The normalized spacial score (nSPS) is 42.4. The minimum absolute atomic E-state index is 0.553. The van der Waals surface area contributed by atoms with Crippen LogP contribution in [0.2, 0.25) is 0 Å². The van der Waals surface area contributed by atoms with Gasteiger partial charge in [-0.2, -0.15) is 0 Å². The maximum absolute atomic E-state index is 5.76. The van der Waals surface area contributed by atoms with Gasteiger partial charge in [0.15, 0.2) is 0 Å². The fraction of sp³-hybridized carbons (Fsp3) is 1.00. The summed E-state index contributed by atoms with van der Waals surface area (Å²) in [5, 5.41) is 0. The van der Waals surface area contributed by atoms with Crippen LogP contribution >= 0.6 is 0 Å².